The smallest absolute Gasteiger partial charge is 0.225 e. The van der Waals surface area contributed by atoms with Gasteiger partial charge < -0.3 is 15.0 Å². The van der Waals surface area contributed by atoms with Crippen molar-refractivity contribution in [3.63, 3.8) is 0 Å². The minimum Gasteiger partial charge on any atom is -0.495 e. The van der Waals surface area contributed by atoms with E-state index in [2.05, 4.69) is 25.1 Å². The van der Waals surface area contributed by atoms with Crippen molar-refractivity contribution in [1.29, 1.82) is 0 Å². The summed E-state index contributed by atoms with van der Waals surface area (Å²) < 4.78 is 5.25. The molecule has 1 N–H and O–H groups in total. The molecule has 1 aromatic carbocycles. The van der Waals surface area contributed by atoms with Crippen molar-refractivity contribution in [3.8, 4) is 5.75 Å². The van der Waals surface area contributed by atoms with Gasteiger partial charge in [-0.2, -0.15) is 0 Å². The third kappa shape index (κ3) is 4.67. The number of methoxy groups -OCH3 is 1. The molecule has 7 nitrogen and oxygen atoms in total. The van der Waals surface area contributed by atoms with Crippen molar-refractivity contribution in [3.05, 3.63) is 42.7 Å². The van der Waals surface area contributed by atoms with E-state index < -0.39 is 0 Å². The Morgan fingerprint density at radius 1 is 1.12 bits per heavy atom. The Kier molecular flexibility index (Phi) is 5.79. The lowest BCUT2D eigenvalue weighted by Gasteiger charge is -2.34. The molecular formula is C18H23N5O2. The molecule has 0 atom stereocenters. The minimum absolute atomic E-state index is 0.00155. The molecule has 25 heavy (non-hydrogen) atoms. The number of anilines is 2. The number of benzene rings is 1. The quantitative estimate of drug-likeness (QED) is 0.861. The van der Waals surface area contributed by atoms with Gasteiger partial charge in [-0.15, -0.1) is 0 Å². The predicted molar refractivity (Wildman–Crippen MR) is 96.9 cm³/mol. The second-order valence-corrected chi connectivity index (χ2v) is 5.88. The lowest BCUT2D eigenvalue weighted by Crippen LogP contribution is -2.47. The first kappa shape index (κ1) is 17.2. The van der Waals surface area contributed by atoms with E-state index in [0.29, 0.717) is 17.9 Å². The fraction of sp³-hybridized carbons (Fsp3) is 0.389. The Morgan fingerprint density at radius 2 is 1.84 bits per heavy atom. The number of amides is 1. The summed E-state index contributed by atoms with van der Waals surface area (Å²) in [5, 5.41) is 2.91. The molecule has 1 amide bonds. The van der Waals surface area contributed by atoms with Crippen LogP contribution in [0.1, 0.15) is 6.42 Å². The lowest BCUT2D eigenvalue weighted by molar-refractivity contribution is -0.116. The number of nitrogens with one attached hydrogen (secondary N) is 1. The summed E-state index contributed by atoms with van der Waals surface area (Å²) >= 11 is 0. The molecule has 1 saturated heterocycles. The number of hydrogen-bond donors (Lipinski definition) is 1. The molecule has 3 rings (SSSR count). The molecule has 0 unspecified atom stereocenters. The van der Waals surface area contributed by atoms with E-state index >= 15 is 0 Å². The van der Waals surface area contributed by atoms with Crippen LogP contribution in [0.4, 0.5) is 11.6 Å². The Labute approximate surface area is 147 Å². The van der Waals surface area contributed by atoms with Crippen molar-refractivity contribution in [2.24, 2.45) is 0 Å². The number of aromatic nitrogens is 2. The van der Waals surface area contributed by atoms with Crippen LogP contribution in [0.5, 0.6) is 5.75 Å². The van der Waals surface area contributed by atoms with Crippen molar-refractivity contribution in [1.82, 2.24) is 14.9 Å². The van der Waals surface area contributed by atoms with Gasteiger partial charge in [0.15, 0.2) is 0 Å². The summed E-state index contributed by atoms with van der Waals surface area (Å²) in [7, 11) is 1.60. The van der Waals surface area contributed by atoms with Gasteiger partial charge in [0.1, 0.15) is 5.75 Å². The number of ether oxygens (including phenoxy) is 1. The van der Waals surface area contributed by atoms with Crippen LogP contribution in [0, 0.1) is 0 Å². The Morgan fingerprint density at radius 3 is 2.56 bits per heavy atom. The molecule has 2 heterocycles. The van der Waals surface area contributed by atoms with Crippen LogP contribution in [0.2, 0.25) is 0 Å². The SMILES string of the molecule is COc1ccccc1NC(=O)CCN1CCN(c2ncccn2)CC1. The van der Waals surface area contributed by atoms with E-state index in [-0.39, 0.29) is 5.91 Å². The van der Waals surface area contributed by atoms with Gasteiger partial charge in [-0.1, -0.05) is 12.1 Å². The normalized spacial score (nSPS) is 15.0. The van der Waals surface area contributed by atoms with Crippen LogP contribution < -0.4 is 15.0 Å². The van der Waals surface area contributed by atoms with Gasteiger partial charge in [-0.25, -0.2) is 9.97 Å². The lowest BCUT2D eigenvalue weighted by atomic mass is 10.2. The molecule has 0 spiro atoms. The molecule has 7 heteroatoms. The van der Waals surface area contributed by atoms with Crippen molar-refractivity contribution >= 4 is 17.5 Å². The predicted octanol–water partition coefficient (Wildman–Crippen LogP) is 1.64. The highest BCUT2D eigenvalue weighted by Gasteiger charge is 2.19. The molecule has 1 aromatic heterocycles. The highest BCUT2D eigenvalue weighted by Crippen LogP contribution is 2.23. The molecule has 1 aliphatic rings. The van der Waals surface area contributed by atoms with E-state index in [1.165, 1.54) is 0 Å². The van der Waals surface area contributed by atoms with E-state index in [9.17, 15) is 4.79 Å². The monoisotopic (exact) mass is 341 g/mol. The first-order chi connectivity index (χ1) is 12.3. The average Bonchev–Trinajstić information content (AvgIpc) is 2.68. The summed E-state index contributed by atoms with van der Waals surface area (Å²) in [5.74, 6) is 1.45. The minimum atomic E-state index is -0.00155. The topological polar surface area (TPSA) is 70.6 Å². The molecule has 132 valence electrons. The first-order valence-corrected chi connectivity index (χ1v) is 8.43. The maximum atomic E-state index is 12.2. The zero-order valence-electron chi connectivity index (χ0n) is 14.4. The average molecular weight is 341 g/mol. The fourth-order valence-corrected chi connectivity index (χ4v) is 2.85. The van der Waals surface area contributed by atoms with Gasteiger partial charge in [-0.05, 0) is 18.2 Å². The zero-order chi connectivity index (χ0) is 17.5. The second-order valence-electron chi connectivity index (χ2n) is 5.88. The van der Waals surface area contributed by atoms with Crippen LogP contribution in [0.15, 0.2) is 42.7 Å². The van der Waals surface area contributed by atoms with Crippen LogP contribution in [0.3, 0.4) is 0 Å². The van der Waals surface area contributed by atoms with E-state index in [1.54, 1.807) is 19.5 Å². The number of para-hydroxylation sites is 2. The van der Waals surface area contributed by atoms with Gasteiger partial charge in [-0.3, -0.25) is 9.69 Å². The number of carbonyl (C=O) groups excluding carboxylic acids is 1. The molecule has 0 aliphatic carbocycles. The third-order valence-electron chi connectivity index (χ3n) is 4.24. The molecule has 0 radical (unpaired) electrons. The van der Waals surface area contributed by atoms with Gasteiger partial charge in [0.2, 0.25) is 11.9 Å². The van der Waals surface area contributed by atoms with Crippen molar-refractivity contribution in [2.45, 2.75) is 6.42 Å². The van der Waals surface area contributed by atoms with E-state index in [0.717, 1.165) is 38.7 Å². The highest BCUT2D eigenvalue weighted by atomic mass is 16.5. The number of piperazine rings is 1. The number of rotatable bonds is 6. The summed E-state index contributed by atoms with van der Waals surface area (Å²) in [6.07, 6.45) is 3.98. The van der Waals surface area contributed by atoms with Gasteiger partial charge in [0.05, 0.1) is 12.8 Å². The molecule has 0 bridgehead atoms. The summed E-state index contributed by atoms with van der Waals surface area (Å²) in [4.78, 5) is 25.2. The van der Waals surface area contributed by atoms with E-state index in [4.69, 9.17) is 4.74 Å². The standard InChI is InChI=1S/C18H23N5O2/c1-25-16-6-3-2-5-15(16)21-17(24)7-10-22-11-13-23(14-12-22)18-19-8-4-9-20-18/h2-6,8-9H,7,10-14H2,1H3,(H,21,24). The van der Waals surface area contributed by atoms with Crippen molar-refractivity contribution < 1.29 is 9.53 Å². The van der Waals surface area contributed by atoms with Gasteiger partial charge >= 0.3 is 0 Å². The Hall–Kier alpha value is -2.67. The summed E-state index contributed by atoms with van der Waals surface area (Å²) in [5.41, 5.74) is 0.709. The van der Waals surface area contributed by atoms with Gasteiger partial charge in [0, 0.05) is 51.5 Å². The number of nitrogens with zero attached hydrogens (tertiary/aromatic N) is 4. The first-order valence-electron chi connectivity index (χ1n) is 8.43. The zero-order valence-corrected chi connectivity index (χ0v) is 14.4. The molecule has 1 fully saturated rings. The second kappa shape index (κ2) is 8.43. The Bertz CT molecular complexity index is 687. The molecule has 0 saturated carbocycles. The van der Waals surface area contributed by atoms with Crippen LogP contribution in [0.25, 0.3) is 0 Å². The molecule has 1 aliphatic heterocycles. The number of hydrogen-bond acceptors (Lipinski definition) is 6. The fourth-order valence-electron chi connectivity index (χ4n) is 2.85. The maximum absolute atomic E-state index is 12.2. The third-order valence-corrected chi connectivity index (χ3v) is 4.24. The highest BCUT2D eigenvalue weighted by molar-refractivity contribution is 5.92. The van der Waals surface area contributed by atoms with Crippen LogP contribution >= 0.6 is 0 Å². The van der Waals surface area contributed by atoms with Gasteiger partial charge in [0.25, 0.3) is 0 Å². The summed E-state index contributed by atoms with van der Waals surface area (Å²) in [6, 6.07) is 9.25. The molecular weight excluding hydrogens is 318 g/mol. The van der Waals surface area contributed by atoms with Crippen LogP contribution in [-0.4, -0.2) is 60.6 Å². The van der Waals surface area contributed by atoms with Crippen molar-refractivity contribution in [2.75, 3.05) is 50.1 Å². The largest absolute Gasteiger partial charge is 0.495 e. The number of carbonyl (C=O) groups is 1. The summed E-state index contributed by atoms with van der Waals surface area (Å²) in [6.45, 7) is 4.29. The Balaban J connectivity index is 1.43. The van der Waals surface area contributed by atoms with E-state index in [1.807, 2.05) is 30.3 Å². The van der Waals surface area contributed by atoms with Crippen LogP contribution in [-0.2, 0) is 4.79 Å². The maximum Gasteiger partial charge on any atom is 0.225 e. The molecule has 2 aromatic rings.